The Balaban J connectivity index is 1.78. The van der Waals surface area contributed by atoms with Gasteiger partial charge < -0.3 is 0 Å². The van der Waals surface area contributed by atoms with Crippen molar-refractivity contribution in [2.45, 2.75) is 17.8 Å². The van der Waals surface area contributed by atoms with Crippen molar-refractivity contribution >= 4 is 11.8 Å². The lowest BCUT2D eigenvalue weighted by Crippen LogP contribution is -1.99. The van der Waals surface area contributed by atoms with Gasteiger partial charge in [0.25, 0.3) is 0 Å². The van der Waals surface area contributed by atoms with E-state index in [1.54, 1.807) is 16.4 Å². The molecule has 0 bridgehead atoms. The molecule has 0 saturated carbocycles. The van der Waals surface area contributed by atoms with Crippen molar-refractivity contribution in [3.05, 3.63) is 65.7 Å². The molecule has 0 atom stereocenters. The maximum Gasteiger partial charge on any atom is 0.214 e. The second kappa shape index (κ2) is 5.88. The van der Waals surface area contributed by atoms with Crippen LogP contribution in [0.15, 0.2) is 59.8 Å². The minimum atomic E-state index is 0.803. The Labute approximate surface area is 121 Å². The molecule has 20 heavy (non-hydrogen) atoms. The number of aromatic nitrogens is 4. The third kappa shape index (κ3) is 2.88. The summed E-state index contributed by atoms with van der Waals surface area (Å²) in [7, 11) is 0. The fourth-order valence-corrected chi connectivity index (χ4v) is 2.69. The van der Waals surface area contributed by atoms with Crippen LogP contribution in [0.3, 0.4) is 0 Å². The van der Waals surface area contributed by atoms with E-state index >= 15 is 0 Å². The molecule has 1 aromatic heterocycles. The van der Waals surface area contributed by atoms with Crippen LogP contribution < -0.4 is 0 Å². The Morgan fingerprint density at radius 2 is 1.75 bits per heavy atom. The van der Waals surface area contributed by atoms with Gasteiger partial charge in [0.15, 0.2) is 0 Å². The average Bonchev–Trinajstić information content (AvgIpc) is 2.95. The van der Waals surface area contributed by atoms with E-state index in [4.69, 9.17) is 0 Å². The number of hydrogen-bond donors (Lipinski definition) is 0. The normalized spacial score (nSPS) is 10.7. The first-order valence-corrected chi connectivity index (χ1v) is 7.33. The molecule has 0 spiro atoms. The van der Waals surface area contributed by atoms with Crippen LogP contribution in [-0.2, 0) is 5.75 Å². The molecule has 100 valence electrons. The van der Waals surface area contributed by atoms with Gasteiger partial charge in [0.1, 0.15) is 0 Å². The predicted molar refractivity (Wildman–Crippen MR) is 79.9 cm³/mol. The molecule has 0 fully saturated rings. The molecule has 0 saturated heterocycles. The first kappa shape index (κ1) is 12.9. The van der Waals surface area contributed by atoms with Crippen LogP contribution in [0.2, 0.25) is 0 Å². The Bertz CT molecular complexity index is 677. The Hall–Kier alpha value is -2.14. The fourth-order valence-electron chi connectivity index (χ4n) is 1.84. The average molecular weight is 282 g/mol. The SMILES string of the molecule is Cc1ccc(-n2nnnc2SCc2ccccc2)cc1. The van der Waals surface area contributed by atoms with Gasteiger partial charge in [-0.05, 0) is 35.0 Å². The van der Waals surface area contributed by atoms with Crippen molar-refractivity contribution in [3.8, 4) is 5.69 Å². The maximum atomic E-state index is 4.09. The Morgan fingerprint density at radius 3 is 2.50 bits per heavy atom. The molecule has 0 amide bonds. The number of tetrazole rings is 1. The summed E-state index contributed by atoms with van der Waals surface area (Å²) >= 11 is 1.63. The van der Waals surface area contributed by atoms with Crippen molar-refractivity contribution in [3.63, 3.8) is 0 Å². The molecule has 4 nitrogen and oxygen atoms in total. The third-order valence-electron chi connectivity index (χ3n) is 2.93. The Morgan fingerprint density at radius 1 is 1.00 bits per heavy atom. The van der Waals surface area contributed by atoms with E-state index in [1.807, 2.05) is 30.3 Å². The third-order valence-corrected chi connectivity index (χ3v) is 3.92. The van der Waals surface area contributed by atoms with Crippen molar-refractivity contribution in [1.82, 2.24) is 20.2 Å². The highest BCUT2D eigenvalue weighted by Gasteiger charge is 2.08. The molecule has 0 aliphatic rings. The topological polar surface area (TPSA) is 43.6 Å². The molecule has 2 aromatic carbocycles. The summed E-state index contributed by atoms with van der Waals surface area (Å²) in [6.45, 7) is 2.06. The maximum absolute atomic E-state index is 4.09. The van der Waals surface area contributed by atoms with Gasteiger partial charge in [0, 0.05) is 5.75 Å². The summed E-state index contributed by atoms with van der Waals surface area (Å²) in [6, 6.07) is 18.5. The number of aryl methyl sites for hydroxylation is 1. The Kier molecular flexibility index (Phi) is 3.78. The predicted octanol–water partition coefficient (Wildman–Crippen LogP) is 3.26. The monoisotopic (exact) mass is 282 g/mol. The van der Waals surface area contributed by atoms with Crippen LogP contribution in [0, 0.1) is 6.92 Å². The van der Waals surface area contributed by atoms with E-state index in [2.05, 4.69) is 46.7 Å². The summed E-state index contributed by atoms with van der Waals surface area (Å²) in [6.07, 6.45) is 0. The molecule has 0 unspecified atom stereocenters. The lowest BCUT2D eigenvalue weighted by molar-refractivity contribution is 0.756. The first-order chi connectivity index (χ1) is 9.83. The van der Waals surface area contributed by atoms with Crippen LogP contribution in [-0.4, -0.2) is 20.2 Å². The van der Waals surface area contributed by atoms with Crippen LogP contribution in [0.25, 0.3) is 5.69 Å². The summed E-state index contributed by atoms with van der Waals surface area (Å²) in [5.41, 5.74) is 3.47. The van der Waals surface area contributed by atoms with Crippen molar-refractivity contribution in [1.29, 1.82) is 0 Å². The van der Waals surface area contributed by atoms with Crippen LogP contribution in [0.1, 0.15) is 11.1 Å². The van der Waals surface area contributed by atoms with Gasteiger partial charge in [-0.15, -0.1) is 5.10 Å². The van der Waals surface area contributed by atoms with Crippen LogP contribution in [0.4, 0.5) is 0 Å². The van der Waals surface area contributed by atoms with E-state index in [-0.39, 0.29) is 0 Å². The molecular formula is C15H14N4S. The van der Waals surface area contributed by atoms with E-state index in [1.165, 1.54) is 11.1 Å². The molecule has 0 aliphatic heterocycles. The van der Waals surface area contributed by atoms with E-state index in [0.29, 0.717) is 0 Å². The van der Waals surface area contributed by atoms with E-state index in [9.17, 15) is 0 Å². The van der Waals surface area contributed by atoms with Gasteiger partial charge in [0.2, 0.25) is 5.16 Å². The molecule has 0 N–H and O–H groups in total. The lowest BCUT2D eigenvalue weighted by atomic mass is 10.2. The number of rotatable bonds is 4. The fraction of sp³-hybridized carbons (Fsp3) is 0.133. The molecular weight excluding hydrogens is 268 g/mol. The number of hydrogen-bond acceptors (Lipinski definition) is 4. The molecule has 3 rings (SSSR count). The van der Waals surface area contributed by atoms with E-state index in [0.717, 1.165) is 16.6 Å². The molecule has 3 aromatic rings. The van der Waals surface area contributed by atoms with Crippen molar-refractivity contribution in [2.24, 2.45) is 0 Å². The van der Waals surface area contributed by atoms with Gasteiger partial charge in [-0.2, -0.15) is 4.68 Å². The molecule has 5 heteroatoms. The highest BCUT2D eigenvalue weighted by atomic mass is 32.2. The minimum absolute atomic E-state index is 0.803. The molecule has 0 radical (unpaired) electrons. The van der Waals surface area contributed by atoms with Crippen LogP contribution in [0.5, 0.6) is 0 Å². The number of thioether (sulfide) groups is 1. The zero-order valence-corrected chi connectivity index (χ0v) is 11.9. The standard InChI is InChI=1S/C15H14N4S/c1-12-7-9-14(10-8-12)19-15(16-17-18-19)20-11-13-5-3-2-4-6-13/h2-10H,11H2,1H3. The molecule has 0 aliphatic carbocycles. The summed E-state index contributed by atoms with van der Waals surface area (Å²) in [4.78, 5) is 0. The van der Waals surface area contributed by atoms with Gasteiger partial charge in [-0.3, -0.25) is 0 Å². The van der Waals surface area contributed by atoms with Crippen molar-refractivity contribution < 1.29 is 0 Å². The van der Waals surface area contributed by atoms with Crippen LogP contribution >= 0.6 is 11.8 Å². The number of benzene rings is 2. The summed E-state index contributed by atoms with van der Waals surface area (Å²) < 4.78 is 1.77. The van der Waals surface area contributed by atoms with Gasteiger partial charge in [-0.1, -0.05) is 59.8 Å². The summed E-state index contributed by atoms with van der Waals surface area (Å²) in [5, 5.41) is 12.7. The second-order valence-electron chi connectivity index (χ2n) is 4.48. The largest absolute Gasteiger partial charge is 0.214 e. The van der Waals surface area contributed by atoms with Crippen molar-refractivity contribution in [2.75, 3.05) is 0 Å². The smallest absolute Gasteiger partial charge is 0.188 e. The van der Waals surface area contributed by atoms with Gasteiger partial charge in [0.05, 0.1) is 5.69 Å². The zero-order chi connectivity index (χ0) is 13.8. The zero-order valence-electron chi connectivity index (χ0n) is 11.1. The number of nitrogens with zero attached hydrogens (tertiary/aromatic N) is 4. The minimum Gasteiger partial charge on any atom is -0.188 e. The lowest BCUT2D eigenvalue weighted by Gasteiger charge is -2.04. The van der Waals surface area contributed by atoms with Gasteiger partial charge in [-0.25, -0.2) is 0 Å². The second-order valence-corrected chi connectivity index (χ2v) is 5.43. The quantitative estimate of drug-likeness (QED) is 0.689. The highest BCUT2D eigenvalue weighted by Crippen LogP contribution is 2.22. The van der Waals surface area contributed by atoms with E-state index < -0.39 is 0 Å². The van der Waals surface area contributed by atoms with Gasteiger partial charge >= 0.3 is 0 Å². The highest BCUT2D eigenvalue weighted by molar-refractivity contribution is 7.98. The first-order valence-electron chi connectivity index (χ1n) is 6.35. The molecule has 1 heterocycles. The summed E-state index contributed by atoms with van der Waals surface area (Å²) in [5.74, 6) is 0.854.